The normalized spacial score (nSPS) is 16.3. The smallest absolute Gasteiger partial charge is 0.0740 e. The van der Waals surface area contributed by atoms with Crippen molar-refractivity contribution in [1.29, 1.82) is 0 Å². The first kappa shape index (κ1) is 10.9. The lowest BCUT2D eigenvalue weighted by Crippen LogP contribution is -2.19. The standard InChI is InChI=1S/C9H20OSi/c1-8(2)9(10)6-7-11(3,4)5/h6-10H,1-5H3/b7-6+. The van der Waals surface area contributed by atoms with Crippen LogP contribution in [0.1, 0.15) is 13.8 Å². The van der Waals surface area contributed by atoms with Gasteiger partial charge in [-0.05, 0) is 5.92 Å². The Morgan fingerprint density at radius 2 is 1.64 bits per heavy atom. The number of hydrogen-bond donors (Lipinski definition) is 1. The molecule has 66 valence electrons. The molecular weight excluding hydrogens is 152 g/mol. The van der Waals surface area contributed by atoms with Gasteiger partial charge in [-0.1, -0.05) is 45.3 Å². The number of hydrogen-bond acceptors (Lipinski definition) is 1. The van der Waals surface area contributed by atoms with Gasteiger partial charge in [0.25, 0.3) is 0 Å². The van der Waals surface area contributed by atoms with Crippen LogP contribution in [0.2, 0.25) is 19.6 Å². The van der Waals surface area contributed by atoms with Crippen LogP contribution in [0.3, 0.4) is 0 Å². The maximum Gasteiger partial charge on any atom is 0.0740 e. The van der Waals surface area contributed by atoms with Gasteiger partial charge in [-0.2, -0.15) is 0 Å². The molecular formula is C9H20OSi. The molecule has 0 fully saturated rings. The summed E-state index contributed by atoms with van der Waals surface area (Å²) in [5.74, 6) is 0.336. The van der Waals surface area contributed by atoms with E-state index >= 15 is 0 Å². The van der Waals surface area contributed by atoms with E-state index in [1.54, 1.807) is 0 Å². The van der Waals surface area contributed by atoms with Crippen molar-refractivity contribution < 1.29 is 5.11 Å². The van der Waals surface area contributed by atoms with E-state index in [9.17, 15) is 5.11 Å². The van der Waals surface area contributed by atoms with Gasteiger partial charge in [0.1, 0.15) is 0 Å². The SMILES string of the molecule is CC(C)C(O)/C=C/[Si](C)(C)C. The number of rotatable bonds is 3. The predicted molar refractivity (Wildman–Crippen MR) is 53.3 cm³/mol. The van der Waals surface area contributed by atoms with Crippen molar-refractivity contribution in [3.63, 3.8) is 0 Å². The molecule has 0 heterocycles. The molecule has 0 spiro atoms. The summed E-state index contributed by atoms with van der Waals surface area (Å²) in [6.45, 7) is 10.8. The second-order valence-electron chi connectivity index (χ2n) is 4.46. The van der Waals surface area contributed by atoms with Gasteiger partial charge >= 0.3 is 0 Å². The fourth-order valence-electron chi connectivity index (χ4n) is 0.609. The third kappa shape index (κ3) is 6.32. The largest absolute Gasteiger partial charge is 0.389 e. The molecule has 0 amide bonds. The molecule has 0 aliphatic rings. The second-order valence-corrected chi connectivity index (χ2v) is 9.53. The van der Waals surface area contributed by atoms with Gasteiger partial charge in [0.2, 0.25) is 0 Å². The summed E-state index contributed by atoms with van der Waals surface area (Å²) < 4.78 is 0. The van der Waals surface area contributed by atoms with E-state index in [1.807, 2.05) is 19.9 Å². The van der Waals surface area contributed by atoms with Crippen LogP contribution in [-0.4, -0.2) is 19.3 Å². The fourth-order valence-corrected chi connectivity index (χ4v) is 1.38. The lowest BCUT2D eigenvalue weighted by molar-refractivity contribution is 0.172. The number of aliphatic hydroxyl groups is 1. The first-order chi connectivity index (χ1) is 4.83. The molecule has 1 unspecified atom stereocenters. The van der Waals surface area contributed by atoms with E-state index in [0.717, 1.165) is 0 Å². The molecule has 0 saturated carbocycles. The van der Waals surface area contributed by atoms with Crippen molar-refractivity contribution in [3.8, 4) is 0 Å². The summed E-state index contributed by atoms with van der Waals surface area (Å²) in [7, 11) is -1.11. The average Bonchev–Trinajstić information content (AvgIpc) is 1.80. The van der Waals surface area contributed by atoms with Gasteiger partial charge in [0, 0.05) is 0 Å². The predicted octanol–water partition coefficient (Wildman–Crippen LogP) is 2.44. The Morgan fingerprint density at radius 3 is 1.91 bits per heavy atom. The quantitative estimate of drug-likeness (QED) is 0.648. The average molecular weight is 172 g/mol. The summed E-state index contributed by atoms with van der Waals surface area (Å²) in [6.07, 6.45) is 1.68. The summed E-state index contributed by atoms with van der Waals surface area (Å²) in [6, 6.07) is 0. The van der Waals surface area contributed by atoms with Crippen LogP contribution in [0.15, 0.2) is 11.8 Å². The molecule has 0 bridgehead atoms. The van der Waals surface area contributed by atoms with Gasteiger partial charge in [0.05, 0.1) is 14.2 Å². The van der Waals surface area contributed by atoms with Gasteiger partial charge in [-0.15, -0.1) is 0 Å². The van der Waals surface area contributed by atoms with Gasteiger partial charge in [0.15, 0.2) is 0 Å². The summed E-state index contributed by atoms with van der Waals surface area (Å²) in [5.41, 5.74) is 2.19. The molecule has 2 heteroatoms. The van der Waals surface area contributed by atoms with Crippen LogP contribution in [0.25, 0.3) is 0 Å². The van der Waals surface area contributed by atoms with E-state index < -0.39 is 8.07 Å². The maximum absolute atomic E-state index is 9.43. The lowest BCUT2D eigenvalue weighted by Gasteiger charge is -2.13. The van der Waals surface area contributed by atoms with Crippen molar-refractivity contribution in [2.75, 3.05) is 0 Å². The molecule has 0 aliphatic carbocycles. The van der Waals surface area contributed by atoms with Crippen LogP contribution in [0, 0.1) is 5.92 Å². The molecule has 11 heavy (non-hydrogen) atoms. The first-order valence-corrected chi connectivity index (χ1v) is 7.78. The highest BCUT2D eigenvalue weighted by Crippen LogP contribution is 2.07. The van der Waals surface area contributed by atoms with Crippen molar-refractivity contribution in [1.82, 2.24) is 0 Å². The first-order valence-electron chi connectivity index (χ1n) is 4.20. The third-order valence-corrected chi connectivity index (χ3v) is 2.67. The zero-order chi connectivity index (χ0) is 9.07. The molecule has 0 aliphatic heterocycles. The Labute approximate surface area is 71.1 Å². The Balaban J connectivity index is 3.93. The molecule has 0 rings (SSSR count). The fraction of sp³-hybridized carbons (Fsp3) is 0.778. The molecule has 1 nitrogen and oxygen atoms in total. The minimum atomic E-state index is -1.11. The summed E-state index contributed by atoms with van der Waals surface area (Å²) >= 11 is 0. The minimum absolute atomic E-state index is 0.262. The van der Waals surface area contributed by atoms with E-state index in [2.05, 4.69) is 25.3 Å². The van der Waals surface area contributed by atoms with E-state index in [0.29, 0.717) is 5.92 Å². The zero-order valence-electron chi connectivity index (χ0n) is 8.26. The highest BCUT2D eigenvalue weighted by molar-refractivity contribution is 6.80. The Morgan fingerprint density at radius 1 is 1.18 bits per heavy atom. The zero-order valence-corrected chi connectivity index (χ0v) is 9.26. The minimum Gasteiger partial charge on any atom is -0.389 e. The highest BCUT2D eigenvalue weighted by Gasteiger charge is 2.10. The third-order valence-electron chi connectivity index (χ3n) is 1.48. The second kappa shape index (κ2) is 4.07. The molecule has 1 atom stereocenters. The molecule has 0 radical (unpaired) electrons. The Kier molecular flexibility index (Phi) is 4.04. The topological polar surface area (TPSA) is 20.2 Å². The summed E-state index contributed by atoms with van der Waals surface area (Å²) in [5, 5.41) is 9.43. The Bertz CT molecular complexity index is 133. The van der Waals surface area contributed by atoms with E-state index in [-0.39, 0.29) is 6.10 Å². The van der Waals surface area contributed by atoms with Gasteiger partial charge in [-0.25, -0.2) is 0 Å². The molecule has 1 N–H and O–H groups in total. The molecule has 0 aromatic heterocycles. The van der Waals surface area contributed by atoms with Crippen molar-refractivity contribution in [2.45, 2.75) is 39.6 Å². The highest BCUT2D eigenvalue weighted by atomic mass is 28.3. The van der Waals surface area contributed by atoms with Crippen molar-refractivity contribution in [2.24, 2.45) is 5.92 Å². The van der Waals surface area contributed by atoms with E-state index in [4.69, 9.17) is 0 Å². The van der Waals surface area contributed by atoms with E-state index in [1.165, 1.54) is 0 Å². The monoisotopic (exact) mass is 172 g/mol. The van der Waals surface area contributed by atoms with Crippen LogP contribution in [0.4, 0.5) is 0 Å². The molecule has 0 aromatic carbocycles. The van der Waals surface area contributed by atoms with Crippen LogP contribution < -0.4 is 0 Å². The Hall–Kier alpha value is -0.0831. The van der Waals surface area contributed by atoms with Crippen LogP contribution in [0.5, 0.6) is 0 Å². The molecule has 0 aromatic rings. The van der Waals surface area contributed by atoms with Crippen molar-refractivity contribution in [3.05, 3.63) is 11.8 Å². The number of aliphatic hydroxyl groups excluding tert-OH is 1. The maximum atomic E-state index is 9.43. The van der Waals surface area contributed by atoms with Crippen LogP contribution >= 0.6 is 0 Å². The van der Waals surface area contributed by atoms with Gasteiger partial charge < -0.3 is 5.11 Å². The van der Waals surface area contributed by atoms with Gasteiger partial charge in [-0.3, -0.25) is 0 Å². The van der Waals surface area contributed by atoms with Crippen molar-refractivity contribution >= 4 is 8.07 Å². The van der Waals surface area contributed by atoms with Crippen LogP contribution in [-0.2, 0) is 0 Å². The summed E-state index contributed by atoms with van der Waals surface area (Å²) in [4.78, 5) is 0. The lowest BCUT2D eigenvalue weighted by atomic mass is 10.1. The molecule has 0 saturated heterocycles.